The summed E-state index contributed by atoms with van der Waals surface area (Å²) in [7, 11) is 0. The first kappa shape index (κ1) is 13.1. The number of rotatable bonds is 5. The number of anilines is 1. The number of nitrogens with zero attached hydrogens (tertiary/aromatic N) is 1. The van der Waals surface area contributed by atoms with Crippen molar-refractivity contribution in [1.29, 1.82) is 0 Å². The molecule has 1 aliphatic rings. The molecule has 2 heterocycles. The molecule has 0 saturated carbocycles. The van der Waals surface area contributed by atoms with Gasteiger partial charge in [0.05, 0.1) is 11.8 Å². The van der Waals surface area contributed by atoms with Crippen molar-refractivity contribution in [3.05, 3.63) is 18.3 Å². The molecule has 0 aromatic carbocycles. The van der Waals surface area contributed by atoms with Crippen molar-refractivity contribution < 1.29 is 9.47 Å². The van der Waals surface area contributed by atoms with E-state index >= 15 is 0 Å². The molecule has 2 rings (SSSR count). The van der Waals surface area contributed by atoms with E-state index in [0.29, 0.717) is 11.8 Å². The second kappa shape index (κ2) is 6.59. The molecule has 0 amide bonds. The molecule has 100 valence electrons. The van der Waals surface area contributed by atoms with Crippen LogP contribution in [0, 0.1) is 5.92 Å². The Hall–Kier alpha value is -1.29. The van der Waals surface area contributed by atoms with Gasteiger partial charge in [-0.05, 0) is 44.7 Å². The number of hydrogen-bond donors (Lipinski definition) is 1. The van der Waals surface area contributed by atoms with Crippen molar-refractivity contribution in [2.75, 3.05) is 25.1 Å². The van der Waals surface area contributed by atoms with Crippen LogP contribution in [-0.4, -0.2) is 30.8 Å². The molecule has 1 aliphatic heterocycles. The standard InChI is InChI=1S/C14H22N2O2/c1-11(2)18-14-13(4-3-7-15-14)16-10-12-5-8-17-9-6-12/h3-4,7,11-12,16H,5-6,8-10H2,1-2H3. The minimum Gasteiger partial charge on any atom is -0.473 e. The van der Waals surface area contributed by atoms with Gasteiger partial charge < -0.3 is 14.8 Å². The van der Waals surface area contributed by atoms with Crippen LogP contribution in [0.4, 0.5) is 5.69 Å². The Morgan fingerprint density at radius 3 is 2.94 bits per heavy atom. The summed E-state index contributed by atoms with van der Waals surface area (Å²) in [5.41, 5.74) is 0.984. The molecule has 4 nitrogen and oxygen atoms in total. The SMILES string of the molecule is CC(C)Oc1ncccc1NCC1CCOCC1. The van der Waals surface area contributed by atoms with Crippen LogP contribution in [0.2, 0.25) is 0 Å². The molecule has 1 fully saturated rings. The number of pyridine rings is 1. The third-order valence-corrected chi connectivity index (χ3v) is 3.04. The molecule has 1 aromatic heterocycles. The highest BCUT2D eigenvalue weighted by molar-refractivity contribution is 5.52. The summed E-state index contributed by atoms with van der Waals surface area (Å²) in [5.74, 6) is 1.38. The average Bonchev–Trinajstić information content (AvgIpc) is 2.38. The van der Waals surface area contributed by atoms with Crippen molar-refractivity contribution >= 4 is 5.69 Å². The fourth-order valence-electron chi connectivity index (χ4n) is 2.05. The minimum atomic E-state index is 0.142. The van der Waals surface area contributed by atoms with Crippen LogP contribution in [0.3, 0.4) is 0 Å². The van der Waals surface area contributed by atoms with Crippen LogP contribution in [0.1, 0.15) is 26.7 Å². The number of nitrogens with one attached hydrogen (secondary N) is 1. The topological polar surface area (TPSA) is 43.4 Å². The maximum absolute atomic E-state index is 5.69. The van der Waals surface area contributed by atoms with Gasteiger partial charge in [0, 0.05) is 26.0 Å². The highest BCUT2D eigenvalue weighted by Gasteiger charge is 2.14. The lowest BCUT2D eigenvalue weighted by Crippen LogP contribution is -2.23. The Morgan fingerprint density at radius 2 is 2.22 bits per heavy atom. The van der Waals surface area contributed by atoms with E-state index in [0.717, 1.165) is 38.3 Å². The van der Waals surface area contributed by atoms with Gasteiger partial charge in [-0.2, -0.15) is 0 Å². The number of ether oxygens (including phenoxy) is 2. The predicted molar refractivity (Wildman–Crippen MR) is 72.0 cm³/mol. The smallest absolute Gasteiger partial charge is 0.237 e. The first-order valence-electron chi connectivity index (χ1n) is 6.69. The van der Waals surface area contributed by atoms with Crippen LogP contribution in [0.15, 0.2) is 18.3 Å². The zero-order chi connectivity index (χ0) is 12.8. The molecular weight excluding hydrogens is 228 g/mol. The largest absolute Gasteiger partial charge is 0.473 e. The van der Waals surface area contributed by atoms with Gasteiger partial charge in [0.1, 0.15) is 0 Å². The van der Waals surface area contributed by atoms with Gasteiger partial charge in [-0.25, -0.2) is 4.98 Å². The second-order valence-corrected chi connectivity index (χ2v) is 4.96. The van der Waals surface area contributed by atoms with Crippen molar-refractivity contribution in [3.63, 3.8) is 0 Å². The average molecular weight is 250 g/mol. The van der Waals surface area contributed by atoms with E-state index in [4.69, 9.17) is 9.47 Å². The van der Waals surface area contributed by atoms with Gasteiger partial charge in [0.15, 0.2) is 0 Å². The molecule has 0 bridgehead atoms. The van der Waals surface area contributed by atoms with E-state index in [9.17, 15) is 0 Å². The lowest BCUT2D eigenvalue weighted by atomic mass is 10.0. The third-order valence-electron chi connectivity index (χ3n) is 3.04. The maximum atomic E-state index is 5.69. The Labute approximate surface area is 109 Å². The van der Waals surface area contributed by atoms with Crippen LogP contribution in [-0.2, 0) is 4.74 Å². The summed E-state index contributed by atoms with van der Waals surface area (Å²) in [6.45, 7) is 6.75. The molecule has 1 aromatic rings. The summed E-state index contributed by atoms with van der Waals surface area (Å²) in [6, 6.07) is 3.95. The van der Waals surface area contributed by atoms with Gasteiger partial charge >= 0.3 is 0 Å². The summed E-state index contributed by atoms with van der Waals surface area (Å²) < 4.78 is 11.1. The summed E-state index contributed by atoms with van der Waals surface area (Å²) >= 11 is 0. The fraction of sp³-hybridized carbons (Fsp3) is 0.643. The van der Waals surface area contributed by atoms with E-state index < -0.39 is 0 Å². The van der Waals surface area contributed by atoms with Crippen molar-refractivity contribution in [2.45, 2.75) is 32.8 Å². The molecule has 0 spiro atoms. The Bertz CT molecular complexity index is 363. The normalized spacial score (nSPS) is 16.8. The van der Waals surface area contributed by atoms with Crippen molar-refractivity contribution in [1.82, 2.24) is 4.98 Å². The second-order valence-electron chi connectivity index (χ2n) is 4.96. The summed E-state index contributed by atoms with van der Waals surface area (Å²) in [5, 5.41) is 3.45. The Morgan fingerprint density at radius 1 is 1.44 bits per heavy atom. The molecular formula is C14H22N2O2. The zero-order valence-electron chi connectivity index (χ0n) is 11.2. The highest BCUT2D eigenvalue weighted by Crippen LogP contribution is 2.23. The third kappa shape index (κ3) is 3.88. The Kier molecular flexibility index (Phi) is 4.81. The van der Waals surface area contributed by atoms with Crippen molar-refractivity contribution in [2.24, 2.45) is 5.92 Å². The van der Waals surface area contributed by atoms with E-state index in [2.05, 4.69) is 10.3 Å². The van der Waals surface area contributed by atoms with Gasteiger partial charge in [0.25, 0.3) is 0 Å². The monoisotopic (exact) mass is 250 g/mol. The van der Waals surface area contributed by atoms with Crippen LogP contribution < -0.4 is 10.1 Å². The van der Waals surface area contributed by atoms with E-state index in [1.807, 2.05) is 26.0 Å². The van der Waals surface area contributed by atoms with Crippen LogP contribution in [0.25, 0.3) is 0 Å². The zero-order valence-corrected chi connectivity index (χ0v) is 11.2. The first-order valence-corrected chi connectivity index (χ1v) is 6.69. The minimum absolute atomic E-state index is 0.142. The molecule has 1 saturated heterocycles. The van der Waals surface area contributed by atoms with Crippen molar-refractivity contribution in [3.8, 4) is 5.88 Å². The van der Waals surface area contributed by atoms with Crippen LogP contribution >= 0.6 is 0 Å². The molecule has 0 radical (unpaired) electrons. The van der Waals surface area contributed by atoms with E-state index in [-0.39, 0.29) is 6.10 Å². The quantitative estimate of drug-likeness (QED) is 0.872. The Balaban J connectivity index is 1.91. The first-order chi connectivity index (χ1) is 8.75. The number of hydrogen-bond acceptors (Lipinski definition) is 4. The number of aromatic nitrogens is 1. The molecule has 1 N–H and O–H groups in total. The molecule has 0 unspecified atom stereocenters. The maximum Gasteiger partial charge on any atom is 0.237 e. The molecule has 4 heteroatoms. The van der Waals surface area contributed by atoms with Gasteiger partial charge in [-0.1, -0.05) is 0 Å². The van der Waals surface area contributed by atoms with Gasteiger partial charge in [-0.15, -0.1) is 0 Å². The fourth-order valence-corrected chi connectivity index (χ4v) is 2.05. The summed E-state index contributed by atoms with van der Waals surface area (Å²) in [6.07, 6.45) is 4.17. The van der Waals surface area contributed by atoms with E-state index in [1.165, 1.54) is 0 Å². The lowest BCUT2D eigenvalue weighted by Gasteiger charge is -2.23. The molecule has 18 heavy (non-hydrogen) atoms. The molecule has 0 atom stereocenters. The predicted octanol–water partition coefficient (Wildman–Crippen LogP) is 2.71. The highest BCUT2D eigenvalue weighted by atomic mass is 16.5. The van der Waals surface area contributed by atoms with E-state index in [1.54, 1.807) is 6.20 Å². The summed E-state index contributed by atoms with van der Waals surface area (Å²) in [4.78, 5) is 4.27. The molecule has 0 aliphatic carbocycles. The van der Waals surface area contributed by atoms with Gasteiger partial charge in [-0.3, -0.25) is 0 Å². The van der Waals surface area contributed by atoms with Gasteiger partial charge in [0.2, 0.25) is 5.88 Å². The lowest BCUT2D eigenvalue weighted by molar-refractivity contribution is 0.0699. The van der Waals surface area contributed by atoms with Crippen LogP contribution in [0.5, 0.6) is 5.88 Å².